The van der Waals surface area contributed by atoms with Crippen LogP contribution in [0.4, 0.5) is 0 Å². The van der Waals surface area contributed by atoms with E-state index < -0.39 is 0 Å². The first-order valence-corrected chi connectivity index (χ1v) is 21.5. The molecule has 276 valence electrons. The summed E-state index contributed by atoms with van der Waals surface area (Å²) in [6.07, 6.45) is 0. The van der Waals surface area contributed by atoms with Gasteiger partial charge in [-0.05, 0) is 112 Å². The van der Waals surface area contributed by atoms with Crippen LogP contribution in [0.3, 0.4) is 0 Å². The molecule has 9 aromatic carbocycles. The summed E-state index contributed by atoms with van der Waals surface area (Å²) >= 11 is 0. The third kappa shape index (κ3) is 4.93. The molecular weight excluding hydrogens is 715 g/mol. The molecule has 0 fully saturated rings. The summed E-state index contributed by atoms with van der Waals surface area (Å²) in [6.45, 7) is 4.79. The van der Waals surface area contributed by atoms with Crippen molar-refractivity contribution in [2.45, 2.75) is 19.3 Å². The minimum atomic E-state index is -0.116. The second-order valence-electron chi connectivity index (χ2n) is 18.2. The fourth-order valence-electron chi connectivity index (χ4n) is 11.3. The van der Waals surface area contributed by atoms with Crippen LogP contribution in [0.25, 0.3) is 98.8 Å². The molecule has 1 aliphatic rings. The maximum absolute atomic E-state index is 6.76. The molecule has 0 radical (unpaired) electrons. The van der Waals surface area contributed by atoms with Gasteiger partial charge in [0.05, 0.1) is 0 Å². The molecule has 0 saturated carbocycles. The molecule has 9 heteroatoms. The lowest BCUT2D eigenvalue weighted by Crippen LogP contribution is -2.50. The molecule has 10 aromatic rings. The zero-order valence-electron chi connectivity index (χ0n) is 36.5. The van der Waals surface area contributed by atoms with Crippen LogP contribution in [0.15, 0.2) is 126 Å². The summed E-state index contributed by atoms with van der Waals surface area (Å²) in [7, 11) is 18.7. The summed E-state index contributed by atoms with van der Waals surface area (Å²) in [5.74, 6) is 0. The van der Waals surface area contributed by atoms with Crippen molar-refractivity contribution < 1.29 is 4.42 Å². The van der Waals surface area contributed by atoms with Crippen LogP contribution in [0.5, 0.6) is 0 Å². The van der Waals surface area contributed by atoms with Crippen molar-refractivity contribution in [3.05, 3.63) is 132 Å². The highest BCUT2D eigenvalue weighted by atomic mass is 16.3. The number of furan rings is 1. The van der Waals surface area contributed by atoms with Crippen LogP contribution in [-0.4, -0.2) is 62.8 Å². The first kappa shape index (κ1) is 37.1. The van der Waals surface area contributed by atoms with Gasteiger partial charge in [-0.2, -0.15) is 0 Å². The van der Waals surface area contributed by atoms with E-state index in [-0.39, 0.29) is 5.41 Å². The second-order valence-corrected chi connectivity index (χ2v) is 18.2. The van der Waals surface area contributed by atoms with Crippen LogP contribution in [-0.2, 0) is 5.41 Å². The van der Waals surface area contributed by atoms with Gasteiger partial charge in [0.15, 0.2) is 0 Å². The molecule has 0 saturated heterocycles. The molecule has 0 N–H and O–H groups in total. The van der Waals surface area contributed by atoms with Crippen LogP contribution < -0.4 is 43.7 Å². The van der Waals surface area contributed by atoms with Gasteiger partial charge in [0, 0.05) is 16.2 Å². The lowest BCUT2D eigenvalue weighted by molar-refractivity contribution is 0.662. The van der Waals surface area contributed by atoms with Gasteiger partial charge < -0.3 is 4.42 Å². The molecule has 0 aliphatic heterocycles. The Labute approximate surface area is 359 Å². The van der Waals surface area contributed by atoms with E-state index in [1.807, 2.05) is 0 Å². The maximum atomic E-state index is 6.76. The maximum Gasteiger partial charge on any atom is 0.139 e. The predicted molar refractivity (Wildman–Crippen MR) is 286 cm³/mol. The van der Waals surface area contributed by atoms with E-state index in [9.17, 15) is 0 Å². The first-order valence-electron chi connectivity index (χ1n) is 21.5. The second kappa shape index (κ2) is 13.0. The summed E-state index contributed by atoms with van der Waals surface area (Å²) < 4.78 is 6.76. The Bertz CT molecular complexity index is 3480. The molecule has 1 nitrogen and oxygen atoms in total. The predicted octanol–water partition coefficient (Wildman–Crippen LogP) is 0.420. The standard InChI is InChI=1S/C51H42B8O/c1-51(2)32-18-6-5-14-28(32)29-16-8-15-27(42(29)51)25-12-7-13-26(20-25)35-38-40(45(54)49(58)47(56)43(38)52)37(41-39(35)44(53)48(57)50(59)46(41)55)30-17-9-19-33-36(30)31-21-23-10-3-4-11-24(23)22-34(31)60-33/h3-22H,52-59H2,1-2H3. The Kier molecular flexibility index (Phi) is 8.06. The smallest absolute Gasteiger partial charge is 0.139 e. The van der Waals surface area contributed by atoms with E-state index in [1.165, 1.54) is 137 Å². The largest absolute Gasteiger partial charge is 0.456 e. The van der Waals surface area contributed by atoms with Crippen molar-refractivity contribution in [3.63, 3.8) is 0 Å². The van der Waals surface area contributed by atoms with Gasteiger partial charge in [-0.1, -0.05) is 133 Å². The zero-order chi connectivity index (χ0) is 41.5. The average molecular weight is 757 g/mol. The Morgan fingerprint density at radius 1 is 0.383 bits per heavy atom. The Morgan fingerprint density at radius 2 is 0.883 bits per heavy atom. The van der Waals surface area contributed by atoms with Crippen LogP contribution in [0.1, 0.15) is 25.0 Å². The molecule has 1 heterocycles. The number of benzene rings is 9. The molecule has 0 amide bonds. The fraction of sp³-hybridized carbons (Fsp3) is 0.0588. The molecule has 1 aromatic heterocycles. The van der Waals surface area contributed by atoms with E-state index in [4.69, 9.17) is 4.42 Å². The third-order valence-corrected chi connectivity index (χ3v) is 15.1. The lowest BCUT2D eigenvalue weighted by atomic mass is 9.59. The molecule has 11 rings (SSSR count). The van der Waals surface area contributed by atoms with Gasteiger partial charge in [-0.3, -0.25) is 0 Å². The number of hydrogen-bond acceptors (Lipinski definition) is 1. The molecule has 0 atom stereocenters. The van der Waals surface area contributed by atoms with Crippen molar-refractivity contribution in [1.29, 1.82) is 0 Å². The van der Waals surface area contributed by atoms with Crippen molar-refractivity contribution in [3.8, 4) is 44.5 Å². The summed E-state index contributed by atoms with van der Waals surface area (Å²) in [5.41, 5.74) is 25.8. The van der Waals surface area contributed by atoms with Crippen molar-refractivity contribution in [2.24, 2.45) is 0 Å². The van der Waals surface area contributed by atoms with Gasteiger partial charge in [-0.15, -0.1) is 21.9 Å². The van der Waals surface area contributed by atoms with Gasteiger partial charge in [-0.25, -0.2) is 0 Å². The SMILES string of the molecule is Bc1c(B)c(B)c2c(-c3cccc4oc5cc6ccccc6cc5c34)c3c(B)c(B)c(B)c(B)c3c(-c3cccc(-c4cccc5c4C(C)(C)c4ccccc4-5)c3)c2c1B. The van der Waals surface area contributed by atoms with E-state index in [0.717, 1.165) is 16.6 Å². The third-order valence-electron chi connectivity index (χ3n) is 15.1. The minimum Gasteiger partial charge on any atom is -0.456 e. The van der Waals surface area contributed by atoms with Crippen LogP contribution >= 0.6 is 0 Å². The molecular formula is C51H42B8O. The van der Waals surface area contributed by atoms with Gasteiger partial charge in [0.2, 0.25) is 0 Å². The highest BCUT2D eigenvalue weighted by Crippen LogP contribution is 2.52. The van der Waals surface area contributed by atoms with E-state index in [2.05, 4.69) is 198 Å². The fourth-order valence-corrected chi connectivity index (χ4v) is 11.3. The minimum absolute atomic E-state index is 0.116. The summed E-state index contributed by atoms with van der Waals surface area (Å²) in [4.78, 5) is 0. The summed E-state index contributed by atoms with van der Waals surface area (Å²) in [5, 5.41) is 10.1. The first-order chi connectivity index (χ1) is 28.9. The van der Waals surface area contributed by atoms with Crippen LogP contribution in [0, 0.1) is 0 Å². The van der Waals surface area contributed by atoms with Gasteiger partial charge in [0.25, 0.3) is 0 Å². The molecule has 0 unspecified atom stereocenters. The molecule has 0 spiro atoms. The Morgan fingerprint density at radius 3 is 1.55 bits per heavy atom. The quantitative estimate of drug-likeness (QED) is 0.189. The normalized spacial score (nSPS) is 13.2. The zero-order valence-corrected chi connectivity index (χ0v) is 36.5. The highest BCUT2D eigenvalue weighted by Gasteiger charge is 2.37. The van der Waals surface area contributed by atoms with Crippen molar-refractivity contribution >= 4 is 161 Å². The van der Waals surface area contributed by atoms with Crippen molar-refractivity contribution in [2.75, 3.05) is 0 Å². The van der Waals surface area contributed by atoms with Crippen LogP contribution in [0.2, 0.25) is 0 Å². The van der Waals surface area contributed by atoms with Gasteiger partial charge in [0.1, 0.15) is 73.9 Å². The number of fused-ring (bicyclic) bond motifs is 9. The Balaban J connectivity index is 1.30. The monoisotopic (exact) mass is 758 g/mol. The van der Waals surface area contributed by atoms with Crippen molar-refractivity contribution in [1.82, 2.24) is 0 Å². The highest BCUT2D eigenvalue weighted by molar-refractivity contribution is 6.71. The Hall–Kier alpha value is -5.92. The van der Waals surface area contributed by atoms with E-state index in [0.29, 0.717) is 0 Å². The topological polar surface area (TPSA) is 13.1 Å². The average Bonchev–Trinajstić information content (AvgIpc) is 3.75. The van der Waals surface area contributed by atoms with E-state index in [1.54, 1.807) is 0 Å². The lowest BCUT2D eigenvalue weighted by Gasteiger charge is -2.28. The number of rotatable bonds is 3. The molecule has 1 aliphatic carbocycles. The van der Waals surface area contributed by atoms with E-state index >= 15 is 0 Å². The summed E-state index contributed by atoms with van der Waals surface area (Å²) in [6, 6.07) is 45.2. The molecule has 60 heavy (non-hydrogen) atoms. The van der Waals surface area contributed by atoms with Gasteiger partial charge >= 0.3 is 0 Å². The molecule has 0 bridgehead atoms. The number of hydrogen-bond donors (Lipinski definition) is 0.